The normalized spacial score (nSPS) is 20.5. The van der Waals surface area contributed by atoms with E-state index in [1.807, 2.05) is 0 Å². The van der Waals surface area contributed by atoms with Crippen LogP contribution in [0.5, 0.6) is 0 Å². The van der Waals surface area contributed by atoms with Crippen LogP contribution in [-0.4, -0.2) is 54.1 Å². The summed E-state index contributed by atoms with van der Waals surface area (Å²) < 4.78 is 10.9. The number of furan rings is 1. The maximum atomic E-state index is 12.3. The lowest BCUT2D eigenvalue weighted by Gasteiger charge is -2.39. The van der Waals surface area contributed by atoms with Crippen molar-refractivity contribution < 1.29 is 18.7 Å². The van der Waals surface area contributed by atoms with Crippen molar-refractivity contribution >= 4 is 27.9 Å². The molecule has 0 saturated carbocycles. The zero-order chi connectivity index (χ0) is 14.8. The lowest BCUT2D eigenvalue weighted by molar-refractivity contribution is 0.0348. The van der Waals surface area contributed by atoms with Crippen LogP contribution in [-0.2, 0) is 4.74 Å². The van der Waals surface area contributed by atoms with Crippen LogP contribution in [0.2, 0.25) is 0 Å². The summed E-state index contributed by atoms with van der Waals surface area (Å²) in [7, 11) is 0. The number of cyclic esters (lactones) is 1. The Morgan fingerprint density at radius 3 is 2.62 bits per heavy atom. The molecule has 1 aromatic rings. The Labute approximate surface area is 131 Å². The van der Waals surface area contributed by atoms with Gasteiger partial charge in [-0.1, -0.05) is 0 Å². The van der Waals surface area contributed by atoms with E-state index < -0.39 is 0 Å². The number of ether oxygens (including phenoxy) is 1. The van der Waals surface area contributed by atoms with E-state index in [-0.39, 0.29) is 18.0 Å². The van der Waals surface area contributed by atoms with Crippen LogP contribution in [0.4, 0.5) is 4.79 Å². The summed E-state index contributed by atoms with van der Waals surface area (Å²) in [5.41, 5.74) is 0. The standard InChI is InChI=1S/C14H17BrN2O4/c15-12-3-2-11(21-12)13(18)16-7-4-10(5-8-16)17-6-1-9-20-14(17)19/h2-3,10H,1,4-9H2. The quantitative estimate of drug-likeness (QED) is 0.816. The largest absolute Gasteiger partial charge is 0.449 e. The molecule has 3 heterocycles. The van der Waals surface area contributed by atoms with Crippen LogP contribution < -0.4 is 0 Å². The van der Waals surface area contributed by atoms with Gasteiger partial charge in [-0.05, 0) is 47.3 Å². The number of halogens is 1. The third-order valence-corrected chi connectivity index (χ3v) is 4.41. The van der Waals surface area contributed by atoms with Crippen LogP contribution >= 0.6 is 15.9 Å². The second-order valence-corrected chi connectivity index (χ2v) is 6.07. The Kier molecular flexibility index (Phi) is 4.19. The lowest BCUT2D eigenvalue weighted by Crippen LogP contribution is -2.50. The summed E-state index contributed by atoms with van der Waals surface area (Å²) >= 11 is 3.20. The van der Waals surface area contributed by atoms with Gasteiger partial charge in [0.05, 0.1) is 6.61 Å². The highest BCUT2D eigenvalue weighted by atomic mass is 79.9. The monoisotopic (exact) mass is 356 g/mol. The minimum atomic E-state index is -0.221. The fraction of sp³-hybridized carbons (Fsp3) is 0.571. The van der Waals surface area contributed by atoms with E-state index in [1.165, 1.54) is 0 Å². The predicted molar refractivity (Wildman–Crippen MR) is 78.0 cm³/mol. The van der Waals surface area contributed by atoms with Gasteiger partial charge in [-0.25, -0.2) is 4.79 Å². The van der Waals surface area contributed by atoms with Gasteiger partial charge < -0.3 is 19.0 Å². The van der Waals surface area contributed by atoms with Crippen molar-refractivity contribution in [2.45, 2.75) is 25.3 Å². The molecule has 0 unspecified atom stereocenters. The first-order valence-corrected chi connectivity index (χ1v) is 7.92. The Balaban J connectivity index is 1.57. The van der Waals surface area contributed by atoms with Crippen LogP contribution in [0, 0.1) is 0 Å². The van der Waals surface area contributed by atoms with Gasteiger partial charge in [0.2, 0.25) is 0 Å². The van der Waals surface area contributed by atoms with E-state index >= 15 is 0 Å². The Morgan fingerprint density at radius 1 is 1.24 bits per heavy atom. The fourth-order valence-electron chi connectivity index (χ4n) is 2.87. The van der Waals surface area contributed by atoms with Crippen molar-refractivity contribution in [2.24, 2.45) is 0 Å². The first-order chi connectivity index (χ1) is 10.1. The van der Waals surface area contributed by atoms with Gasteiger partial charge in [-0.3, -0.25) is 4.79 Å². The molecule has 6 nitrogen and oxygen atoms in total. The molecule has 1 aromatic heterocycles. The molecule has 2 aliphatic heterocycles. The van der Waals surface area contributed by atoms with Gasteiger partial charge in [-0.2, -0.15) is 0 Å². The zero-order valence-corrected chi connectivity index (χ0v) is 13.2. The summed E-state index contributed by atoms with van der Waals surface area (Å²) in [6, 6.07) is 3.55. The Hall–Kier alpha value is -1.50. The summed E-state index contributed by atoms with van der Waals surface area (Å²) in [6.07, 6.45) is 2.22. The van der Waals surface area contributed by atoms with Crippen molar-refractivity contribution in [3.05, 3.63) is 22.6 Å². The maximum absolute atomic E-state index is 12.3. The van der Waals surface area contributed by atoms with Crippen LogP contribution in [0.3, 0.4) is 0 Å². The van der Waals surface area contributed by atoms with Gasteiger partial charge in [0, 0.05) is 25.7 Å². The number of rotatable bonds is 2. The first-order valence-electron chi connectivity index (χ1n) is 7.13. The van der Waals surface area contributed by atoms with Gasteiger partial charge >= 0.3 is 6.09 Å². The Morgan fingerprint density at radius 2 is 2.00 bits per heavy atom. The molecule has 2 saturated heterocycles. The summed E-state index contributed by atoms with van der Waals surface area (Å²) in [4.78, 5) is 27.6. The number of hydrogen-bond donors (Lipinski definition) is 0. The van der Waals surface area contributed by atoms with E-state index in [4.69, 9.17) is 9.15 Å². The average Bonchev–Trinajstić information content (AvgIpc) is 2.94. The van der Waals surface area contributed by atoms with Gasteiger partial charge in [0.15, 0.2) is 10.4 Å². The maximum Gasteiger partial charge on any atom is 0.410 e. The number of hydrogen-bond acceptors (Lipinski definition) is 4. The molecule has 2 aliphatic rings. The fourth-order valence-corrected chi connectivity index (χ4v) is 3.17. The van der Waals surface area contributed by atoms with Gasteiger partial charge in [0.25, 0.3) is 5.91 Å². The molecular weight excluding hydrogens is 340 g/mol. The number of carbonyl (C=O) groups is 2. The highest BCUT2D eigenvalue weighted by Crippen LogP contribution is 2.22. The second-order valence-electron chi connectivity index (χ2n) is 5.29. The molecule has 0 aromatic carbocycles. The SMILES string of the molecule is O=C(c1ccc(Br)o1)N1CCC(N2CCCOC2=O)CC1. The number of piperidine rings is 1. The molecule has 2 fully saturated rings. The van der Waals surface area contributed by atoms with Crippen molar-refractivity contribution in [3.63, 3.8) is 0 Å². The molecule has 0 radical (unpaired) electrons. The van der Waals surface area contributed by atoms with E-state index in [2.05, 4.69) is 15.9 Å². The molecule has 2 amide bonds. The molecule has 0 aliphatic carbocycles. The summed E-state index contributed by atoms with van der Waals surface area (Å²) in [5, 5.41) is 0. The minimum absolute atomic E-state index is 0.0969. The number of likely N-dealkylation sites (tertiary alicyclic amines) is 1. The lowest BCUT2D eigenvalue weighted by atomic mass is 10.0. The smallest absolute Gasteiger partial charge is 0.410 e. The third-order valence-electron chi connectivity index (χ3n) is 3.98. The summed E-state index contributed by atoms with van der Waals surface area (Å²) in [6.45, 7) is 2.53. The second kappa shape index (κ2) is 6.09. The van der Waals surface area contributed by atoms with E-state index in [0.29, 0.717) is 30.1 Å². The molecule has 114 valence electrons. The van der Waals surface area contributed by atoms with Crippen molar-refractivity contribution in [2.75, 3.05) is 26.2 Å². The van der Waals surface area contributed by atoms with Crippen LogP contribution in [0.25, 0.3) is 0 Å². The molecule has 0 atom stereocenters. The van der Waals surface area contributed by atoms with Crippen LogP contribution in [0.1, 0.15) is 29.8 Å². The van der Waals surface area contributed by atoms with Crippen molar-refractivity contribution in [1.29, 1.82) is 0 Å². The molecular formula is C14H17BrN2O4. The highest BCUT2D eigenvalue weighted by Gasteiger charge is 2.32. The first kappa shape index (κ1) is 14.4. The zero-order valence-electron chi connectivity index (χ0n) is 11.6. The third kappa shape index (κ3) is 3.07. The number of amides is 2. The minimum Gasteiger partial charge on any atom is -0.449 e. The number of nitrogens with zero attached hydrogens (tertiary/aromatic N) is 2. The molecule has 21 heavy (non-hydrogen) atoms. The molecule has 0 N–H and O–H groups in total. The van der Waals surface area contributed by atoms with Crippen LogP contribution in [0.15, 0.2) is 21.2 Å². The number of carbonyl (C=O) groups excluding carboxylic acids is 2. The molecule has 0 bridgehead atoms. The Bertz CT molecular complexity index is 537. The molecule has 7 heteroatoms. The molecule has 0 spiro atoms. The van der Waals surface area contributed by atoms with Gasteiger partial charge in [-0.15, -0.1) is 0 Å². The van der Waals surface area contributed by atoms with Crippen molar-refractivity contribution in [1.82, 2.24) is 9.80 Å². The summed E-state index contributed by atoms with van der Waals surface area (Å²) in [5.74, 6) is 0.248. The van der Waals surface area contributed by atoms with Gasteiger partial charge in [0.1, 0.15) is 0 Å². The average molecular weight is 357 g/mol. The highest BCUT2D eigenvalue weighted by molar-refractivity contribution is 9.10. The molecule has 3 rings (SSSR count). The van der Waals surface area contributed by atoms with E-state index in [1.54, 1.807) is 21.9 Å². The van der Waals surface area contributed by atoms with E-state index in [9.17, 15) is 9.59 Å². The van der Waals surface area contributed by atoms with E-state index in [0.717, 1.165) is 25.8 Å². The van der Waals surface area contributed by atoms with Crippen molar-refractivity contribution in [3.8, 4) is 0 Å². The predicted octanol–water partition coefficient (Wildman–Crippen LogP) is 2.49. The topological polar surface area (TPSA) is 63.0 Å².